The molecule has 1 nitrogen and oxygen atoms in total. The van der Waals surface area contributed by atoms with Gasteiger partial charge in [0.2, 0.25) is 0 Å². The van der Waals surface area contributed by atoms with Crippen molar-refractivity contribution in [3.8, 4) is 0 Å². The zero-order chi connectivity index (χ0) is 12.9. The molecule has 1 heterocycles. The summed E-state index contributed by atoms with van der Waals surface area (Å²) in [5, 5.41) is 0. The van der Waals surface area contributed by atoms with Crippen LogP contribution >= 0.6 is 12.4 Å². The summed E-state index contributed by atoms with van der Waals surface area (Å²) in [6.45, 7) is 3.46. The predicted molar refractivity (Wildman–Crippen MR) is 92.9 cm³/mol. The van der Waals surface area contributed by atoms with Gasteiger partial charge < -0.3 is 0 Å². The second-order valence-corrected chi connectivity index (χ2v) is 5.30. The van der Waals surface area contributed by atoms with Gasteiger partial charge in [0.05, 0.1) is 0 Å². The maximum absolute atomic E-state index is 2.28. The third-order valence-corrected chi connectivity index (χ3v) is 3.55. The molecule has 0 bridgehead atoms. The first-order valence-corrected chi connectivity index (χ1v) is 7.87. The number of rotatable bonds is 11. The molecule has 20 heavy (non-hydrogen) atoms. The Hall–Kier alpha value is 0.440. The van der Waals surface area contributed by atoms with Crippen LogP contribution in [0.2, 0.25) is 0 Å². The van der Waals surface area contributed by atoms with E-state index in [-0.39, 0.29) is 42.0 Å². The van der Waals surface area contributed by atoms with Gasteiger partial charge in [-0.2, -0.15) is 0 Å². The van der Waals surface area contributed by atoms with Crippen LogP contribution in [0.3, 0.4) is 0 Å². The van der Waals surface area contributed by atoms with E-state index in [2.05, 4.69) is 42.1 Å². The summed E-state index contributed by atoms with van der Waals surface area (Å²) in [6, 6.07) is 6.29. The van der Waals surface area contributed by atoms with E-state index in [1.807, 2.05) is 0 Å². The monoisotopic (exact) mass is 308 g/mol. The van der Waals surface area contributed by atoms with Crippen LogP contribution in [0.1, 0.15) is 71.1 Å². The molecule has 1 aromatic rings. The molecular formula is C17H32ClNNa+. The summed E-state index contributed by atoms with van der Waals surface area (Å²) in [5.74, 6) is 0. The predicted octanol–water partition coefficient (Wildman–Crippen LogP) is 4.67. The van der Waals surface area contributed by atoms with Gasteiger partial charge in [0, 0.05) is 18.6 Å². The standard InChI is InChI=1S/C17H30N.ClH.Na.H/c1-2-3-4-5-6-7-8-9-10-12-15-18-16-13-11-14-17-18;;;/h11,13-14,16-17H,2-10,12,15H2,1H3;1H;;/q+1;;;. The Morgan fingerprint density at radius 3 is 1.60 bits per heavy atom. The van der Waals surface area contributed by atoms with E-state index in [0.29, 0.717) is 0 Å². The van der Waals surface area contributed by atoms with Crippen molar-refractivity contribution in [3.63, 3.8) is 0 Å². The Balaban J connectivity index is 0. The SMILES string of the molecule is CCCCCCCCCCCC[n+]1ccccc1.Cl.[NaH]. The molecule has 0 amide bonds. The maximum atomic E-state index is 2.28. The summed E-state index contributed by atoms with van der Waals surface area (Å²) >= 11 is 0. The van der Waals surface area contributed by atoms with E-state index < -0.39 is 0 Å². The zero-order valence-electron chi connectivity index (χ0n) is 12.5. The molecule has 0 aliphatic carbocycles. The Morgan fingerprint density at radius 2 is 1.10 bits per heavy atom. The van der Waals surface area contributed by atoms with Crippen LogP contribution in [0.5, 0.6) is 0 Å². The Kier molecular flexibility index (Phi) is 19.9. The number of nitrogens with zero attached hydrogens (tertiary/aromatic N) is 1. The fraction of sp³-hybridized carbons (Fsp3) is 0.706. The fourth-order valence-corrected chi connectivity index (χ4v) is 2.37. The van der Waals surface area contributed by atoms with Gasteiger partial charge in [0.25, 0.3) is 0 Å². The molecule has 0 unspecified atom stereocenters. The van der Waals surface area contributed by atoms with Crippen molar-refractivity contribution >= 4 is 42.0 Å². The van der Waals surface area contributed by atoms with Crippen molar-refractivity contribution < 1.29 is 4.57 Å². The third-order valence-electron chi connectivity index (χ3n) is 3.55. The zero-order valence-corrected chi connectivity index (χ0v) is 13.3. The van der Waals surface area contributed by atoms with Gasteiger partial charge in [0.15, 0.2) is 12.4 Å². The van der Waals surface area contributed by atoms with Crippen molar-refractivity contribution in [1.29, 1.82) is 0 Å². The molecular weight excluding hydrogens is 277 g/mol. The van der Waals surface area contributed by atoms with Crippen LogP contribution in [-0.2, 0) is 6.54 Å². The number of aryl methyl sites for hydroxylation is 1. The molecule has 1 aromatic heterocycles. The van der Waals surface area contributed by atoms with Crippen LogP contribution < -0.4 is 4.57 Å². The summed E-state index contributed by atoms with van der Waals surface area (Å²) in [6.07, 6.45) is 18.5. The Bertz CT molecular complexity index is 280. The normalized spacial score (nSPS) is 9.65. The van der Waals surface area contributed by atoms with E-state index >= 15 is 0 Å². The average Bonchev–Trinajstić information content (AvgIpc) is 2.42. The second kappa shape index (κ2) is 17.5. The van der Waals surface area contributed by atoms with Gasteiger partial charge in [-0.3, -0.25) is 0 Å². The molecule has 0 spiro atoms. The van der Waals surface area contributed by atoms with Crippen LogP contribution in [0.4, 0.5) is 0 Å². The van der Waals surface area contributed by atoms with Crippen molar-refractivity contribution in [2.24, 2.45) is 0 Å². The molecule has 3 heteroatoms. The van der Waals surface area contributed by atoms with Crippen molar-refractivity contribution in [1.82, 2.24) is 0 Å². The first kappa shape index (κ1) is 22.7. The van der Waals surface area contributed by atoms with Crippen molar-refractivity contribution in [2.45, 2.75) is 77.7 Å². The molecule has 0 aliphatic rings. The van der Waals surface area contributed by atoms with Crippen LogP contribution in [0.25, 0.3) is 0 Å². The molecule has 0 N–H and O–H groups in total. The number of unbranched alkanes of at least 4 members (excludes halogenated alkanes) is 9. The molecule has 0 atom stereocenters. The number of aromatic nitrogens is 1. The average molecular weight is 309 g/mol. The van der Waals surface area contributed by atoms with Gasteiger partial charge in [-0.05, 0) is 6.42 Å². The van der Waals surface area contributed by atoms with Crippen LogP contribution in [-0.4, -0.2) is 29.6 Å². The summed E-state index contributed by atoms with van der Waals surface area (Å²) in [7, 11) is 0. The molecule has 0 fully saturated rings. The Morgan fingerprint density at radius 1 is 0.650 bits per heavy atom. The summed E-state index contributed by atoms with van der Waals surface area (Å²) in [4.78, 5) is 0. The second-order valence-electron chi connectivity index (χ2n) is 5.30. The number of halogens is 1. The molecule has 0 aliphatic heterocycles. The van der Waals surface area contributed by atoms with Gasteiger partial charge in [-0.15, -0.1) is 12.4 Å². The van der Waals surface area contributed by atoms with Gasteiger partial charge in [-0.1, -0.05) is 64.4 Å². The summed E-state index contributed by atoms with van der Waals surface area (Å²) in [5.41, 5.74) is 0. The minimum atomic E-state index is 0. The molecule has 0 saturated carbocycles. The van der Waals surface area contributed by atoms with E-state index in [1.165, 1.54) is 70.8 Å². The van der Waals surface area contributed by atoms with E-state index in [1.54, 1.807) is 0 Å². The third kappa shape index (κ3) is 13.4. The van der Waals surface area contributed by atoms with E-state index in [0.717, 1.165) is 0 Å². The molecule has 1 rings (SSSR count). The topological polar surface area (TPSA) is 3.88 Å². The molecule has 0 saturated heterocycles. The van der Waals surface area contributed by atoms with Gasteiger partial charge in [0.1, 0.15) is 6.54 Å². The number of hydrogen-bond acceptors (Lipinski definition) is 0. The van der Waals surface area contributed by atoms with Gasteiger partial charge in [-0.25, -0.2) is 4.57 Å². The van der Waals surface area contributed by atoms with Gasteiger partial charge >= 0.3 is 29.6 Å². The Labute approximate surface area is 154 Å². The van der Waals surface area contributed by atoms with Crippen LogP contribution in [0, 0.1) is 0 Å². The number of hydrogen-bond donors (Lipinski definition) is 0. The van der Waals surface area contributed by atoms with E-state index in [4.69, 9.17) is 0 Å². The summed E-state index contributed by atoms with van der Waals surface area (Å²) < 4.78 is 2.28. The first-order valence-electron chi connectivity index (χ1n) is 7.87. The minimum absolute atomic E-state index is 0. The number of pyridine rings is 1. The van der Waals surface area contributed by atoms with Crippen molar-refractivity contribution in [3.05, 3.63) is 30.6 Å². The first-order chi connectivity index (χ1) is 8.93. The molecule has 0 radical (unpaired) electrons. The fourth-order valence-electron chi connectivity index (χ4n) is 2.37. The van der Waals surface area contributed by atoms with Crippen LogP contribution in [0.15, 0.2) is 30.6 Å². The van der Waals surface area contributed by atoms with E-state index in [9.17, 15) is 0 Å². The van der Waals surface area contributed by atoms with Crippen molar-refractivity contribution in [2.75, 3.05) is 0 Å². The molecule has 112 valence electrons. The quantitative estimate of drug-likeness (QED) is 0.318. The molecule has 0 aromatic carbocycles.